The second kappa shape index (κ2) is 10.3. The molecule has 0 fully saturated rings. The van der Waals surface area contributed by atoms with Gasteiger partial charge in [0.05, 0.1) is 40.9 Å². The summed E-state index contributed by atoms with van der Waals surface area (Å²) in [6, 6.07) is 17.7. The second-order valence-corrected chi connectivity index (χ2v) is 8.32. The summed E-state index contributed by atoms with van der Waals surface area (Å²) in [5.41, 5.74) is 3.56. The highest BCUT2D eigenvalue weighted by Gasteiger charge is 2.14. The van der Waals surface area contributed by atoms with Gasteiger partial charge in [0.15, 0.2) is 11.5 Å². The highest BCUT2D eigenvalue weighted by atomic mass is 79.9. The van der Waals surface area contributed by atoms with Gasteiger partial charge in [-0.3, -0.25) is 0 Å². The molecule has 0 aliphatic heterocycles. The van der Waals surface area contributed by atoms with E-state index >= 15 is 0 Å². The Labute approximate surface area is 209 Å². The monoisotopic (exact) mass is 533 g/mol. The number of benzene rings is 3. The van der Waals surface area contributed by atoms with E-state index in [-0.39, 0.29) is 12.2 Å². The molecule has 0 unspecified atom stereocenters. The first-order valence-electron chi connectivity index (χ1n) is 10.4. The number of imidazole rings is 1. The van der Waals surface area contributed by atoms with Crippen molar-refractivity contribution in [1.82, 2.24) is 9.97 Å². The number of rotatable bonds is 8. The van der Waals surface area contributed by atoms with Crippen molar-refractivity contribution in [3.8, 4) is 23.3 Å². The summed E-state index contributed by atoms with van der Waals surface area (Å²) in [6.45, 7) is 0.218. The number of carboxylic acids is 1. The predicted molar refractivity (Wildman–Crippen MR) is 135 cm³/mol. The van der Waals surface area contributed by atoms with Gasteiger partial charge < -0.3 is 24.3 Å². The average molecular weight is 534 g/mol. The Morgan fingerprint density at radius 1 is 1.14 bits per heavy atom. The van der Waals surface area contributed by atoms with E-state index in [0.717, 1.165) is 16.6 Å². The van der Waals surface area contributed by atoms with Crippen LogP contribution in [0, 0.1) is 11.3 Å². The highest BCUT2D eigenvalue weighted by molar-refractivity contribution is 9.10. The zero-order valence-electron chi connectivity index (χ0n) is 18.8. The van der Waals surface area contributed by atoms with Gasteiger partial charge in [0.2, 0.25) is 0 Å². The van der Waals surface area contributed by atoms with Crippen LogP contribution >= 0.6 is 15.9 Å². The van der Waals surface area contributed by atoms with E-state index in [0.29, 0.717) is 38.7 Å². The number of allylic oxidation sites excluding steroid dienone is 1. The first-order chi connectivity index (χ1) is 16.9. The van der Waals surface area contributed by atoms with Crippen molar-refractivity contribution in [3.05, 3.63) is 81.6 Å². The van der Waals surface area contributed by atoms with Crippen molar-refractivity contribution < 1.29 is 24.1 Å². The lowest BCUT2D eigenvalue weighted by Gasteiger charge is -2.14. The molecule has 4 rings (SSSR count). The molecule has 35 heavy (non-hydrogen) atoms. The number of nitrogens with one attached hydrogen (secondary N) is 1. The number of aromatic nitrogens is 2. The van der Waals surface area contributed by atoms with Crippen LogP contribution in [0.15, 0.2) is 59.1 Å². The summed E-state index contributed by atoms with van der Waals surface area (Å²) in [4.78, 5) is 18.7. The molecule has 9 heteroatoms. The van der Waals surface area contributed by atoms with Gasteiger partial charge in [0, 0.05) is 6.07 Å². The molecule has 0 bridgehead atoms. The third-order valence-electron chi connectivity index (χ3n) is 5.21. The van der Waals surface area contributed by atoms with Gasteiger partial charge >= 0.3 is 5.97 Å². The number of hydrogen-bond donors (Lipinski definition) is 2. The van der Waals surface area contributed by atoms with Crippen molar-refractivity contribution in [2.45, 2.75) is 6.61 Å². The molecule has 4 aromatic rings. The Morgan fingerprint density at radius 2 is 1.91 bits per heavy atom. The van der Waals surface area contributed by atoms with Crippen LogP contribution in [-0.4, -0.2) is 35.3 Å². The topological polar surface area (TPSA) is 117 Å². The van der Waals surface area contributed by atoms with Gasteiger partial charge in [-0.05, 0) is 69.5 Å². The van der Waals surface area contributed by atoms with E-state index in [1.165, 1.54) is 19.2 Å². The second-order valence-electron chi connectivity index (χ2n) is 7.46. The van der Waals surface area contributed by atoms with E-state index in [1.807, 2.05) is 24.3 Å². The summed E-state index contributed by atoms with van der Waals surface area (Å²) in [5.74, 6) is 1.11. The van der Waals surface area contributed by atoms with E-state index in [4.69, 9.17) is 19.3 Å². The lowest BCUT2D eigenvalue weighted by molar-refractivity contribution is 0.0697. The minimum absolute atomic E-state index is 0.209. The zero-order chi connectivity index (χ0) is 24.9. The lowest BCUT2D eigenvalue weighted by atomic mass is 10.1. The molecule has 3 aromatic carbocycles. The SMILES string of the molecule is COc1ccc2nc(/C(C#N)=C\c3cc(Br)c(OCc4ccc(C(=O)O)cc4)c(OC)c3)[nH]c2c1. The van der Waals surface area contributed by atoms with Crippen LogP contribution in [-0.2, 0) is 6.61 Å². The van der Waals surface area contributed by atoms with Gasteiger partial charge in [-0.15, -0.1) is 0 Å². The summed E-state index contributed by atoms with van der Waals surface area (Å²) < 4.78 is 17.3. The van der Waals surface area contributed by atoms with Crippen molar-refractivity contribution in [2.24, 2.45) is 0 Å². The fourth-order valence-corrected chi connectivity index (χ4v) is 4.00. The summed E-state index contributed by atoms with van der Waals surface area (Å²) in [6.07, 6.45) is 1.70. The molecule has 0 aliphatic carbocycles. The number of aromatic carboxylic acids is 1. The fraction of sp³-hybridized carbons (Fsp3) is 0.115. The van der Waals surface area contributed by atoms with E-state index in [2.05, 4.69) is 32.0 Å². The lowest BCUT2D eigenvalue weighted by Crippen LogP contribution is -2.01. The number of aromatic amines is 1. The molecule has 0 saturated carbocycles. The summed E-state index contributed by atoms with van der Waals surface area (Å²) in [5, 5.41) is 18.8. The van der Waals surface area contributed by atoms with Gasteiger partial charge in [0.1, 0.15) is 24.3 Å². The maximum Gasteiger partial charge on any atom is 0.335 e. The number of H-pyrrole nitrogens is 1. The quantitative estimate of drug-likeness (QED) is 0.279. The molecule has 0 spiro atoms. The largest absolute Gasteiger partial charge is 0.497 e. The number of ether oxygens (including phenoxy) is 3. The van der Waals surface area contributed by atoms with Crippen LogP contribution in [0.1, 0.15) is 27.3 Å². The Balaban J connectivity index is 1.60. The number of carboxylic acid groups (broad SMARTS) is 1. The predicted octanol–water partition coefficient (Wildman–Crippen LogP) is 5.68. The number of fused-ring (bicyclic) bond motifs is 1. The number of nitrogens with zero attached hydrogens (tertiary/aromatic N) is 2. The third-order valence-corrected chi connectivity index (χ3v) is 5.80. The van der Waals surface area contributed by atoms with Crippen molar-refractivity contribution >= 4 is 44.6 Å². The Morgan fingerprint density at radius 3 is 2.57 bits per heavy atom. The standard InChI is InChI=1S/C26H20BrN3O5/c1-33-19-7-8-21-22(12-19)30-25(29-21)18(13-28)9-16-10-20(27)24(23(11-16)34-2)35-14-15-3-5-17(6-4-15)26(31)32/h3-12H,14H2,1-2H3,(H,29,30)(H,31,32)/b18-9-. The Kier molecular flexibility index (Phi) is 7.03. The number of nitriles is 1. The van der Waals surface area contributed by atoms with Gasteiger partial charge in [0.25, 0.3) is 0 Å². The molecule has 0 radical (unpaired) electrons. The first kappa shape index (κ1) is 23.9. The van der Waals surface area contributed by atoms with Gasteiger partial charge in [-0.1, -0.05) is 12.1 Å². The average Bonchev–Trinajstić information content (AvgIpc) is 3.29. The van der Waals surface area contributed by atoms with Crippen LogP contribution in [0.3, 0.4) is 0 Å². The molecule has 176 valence electrons. The van der Waals surface area contributed by atoms with Crippen LogP contribution in [0.5, 0.6) is 17.2 Å². The maximum absolute atomic E-state index is 11.0. The van der Waals surface area contributed by atoms with E-state index in [9.17, 15) is 10.1 Å². The van der Waals surface area contributed by atoms with Crippen LogP contribution in [0.25, 0.3) is 22.7 Å². The van der Waals surface area contributed by atoms with Crippen LogP contribution in [0.4, 0.5) is 0 Å². The number of methoxy groups -OCH3 is 2. The Hall–Kier alpha value is -4.29. The van der Waals surface area contributed by atoms with Crippen molar-refractivity contribution in [2.75, 3.05) is 14.2 Å². The Bertz CT molecular complexity index is 1470. The van der Waals surface area contributed by atoms with Crippen molar-refractivity contribution in [1.29, 1.82) is 5.26 Å². The summed E-state index contributed by atoms with van der Waals surface area (Å²) >= 11 is 3.52. The van der Waals surface area contributed by atoms with Crippen molar-refractivity contribution in [3.63, 3.8) is 0 Å². The minimum Gasteiger partial charge on any atom is -0.497 e. The molecule has 8 nitrogen and oxygen atoms in total. The molecule has 1 heterocycles. The summed E-state index contributed by atoms with van der Waals surface area (Å²) in [7, 11) is 3.12. The first-order valence-corrected chi connectivity index (χ1v) is 11.2. The molecule has 1 aromatic heterocycles. The normalized spacial score (nSPS) is 11.2. The molecule has 2 N–H and O–H groups in total. The van der Waals surface area contributed by atoms with Crippen LogP contribution in [0.2, 0.25) is 0 Å². The third kappa shape index (κ3) is 5.28. The van der Waals surface area contributed by atoms with E-state index < -0.39 is 5.97 Å². The van der Waals surface area contributed by atoms with Crippen LogP contribution < -0.4 is 14.2 Å². The molecule has 0 saturated heterocycles. The molecular weight excluding hydrogens is 514 g/mol. The number of carbonyl (C=O) groups is 1. The number of hydrogen-bond acceptors (Lipinski definition) is 6. The maximum atomic E-state index is 11.0. The molecule has 0 amide bonds. The smallest absolute Gasteiger partial charge is 0.335 e. The molecular formula is C26H20BrN3O5. The fourth-order valence-electron chi connectivity index (χ4n) is 3.43. The van der Waals surface area contributed by atoms with E-state index in [1.54, 1.807) is 31.4 Å². The molecule has 0 atom stereocenters. The van der Waals surface area contributed by atoms with Gasteiger partial charge in [-0.25, -0.2) is 9.78 Å². The molecule has 0 aliphatic rings. The highest BCUT2D eigenvalue weighted by Crippen LogP contribution is 2.38. The number of halogens is 1. The van der Waals surface area contributed by atoms with Gasteiger partial charge in [-0.2, -0.15) is 5.26 Å². The zero-order valence-corrected chi connectivity index (χ0v) is 20.4. The minimum atomic E-state index is -0.982.